The van der Waals surface area contributed by atoms with Gasteiger partial charge in [-0.25, -0.2) is 4.98 Å². The van der Waals surface area contributed by atoms with Crippen LogP contribution in [0.1, 0.15) is 17.6 Å². The Morgan fingerprint density at radius 3 is 3.07 bits per heavy atom. The Kier molecular flexibility index (Phi) is 2.02. The van der Waals surface area contributed by atoms with Crippen molar-refractivity contribution in [3.63, 3.8) is 0 Å². The molecule has 3 nitrogen and oxygen atoms in total. The number of benzene rings is 1. The van der Waals surface area contributed by atoms with Gasteiger partial charge in [-0.1, -0.05) is 12.1 Å². The van der Waals surface area contributed by atoms with Gasteiger partial charge in [0.2, 0.25) is 5.89 Å². The zero-order valence-corrected chi connectivity index (χ0v) is 9.40. The van der Waals surface area contributed by atoms with Crippen LogP contribution < -0.4 is 4.74 Å². The highest BCUT2D eigenvalue weighted by atomic mass is 79.9. The Morgan fingerprint density at radius 2 is 2.33 bits per heavy atom. The summed E-state index contributed by atoms with van der Waals surface area (Å²) in [6, 6.07) is 6.03. The normalized spacial score (nSPS) is 18.6. The molecule has 0 radical (unpaired) electrons. The molecule has 0 saturated carbocycles. The van der Waals surface area contributed by atoms with Gasteiger partial charge in [0.25, 0.3) is 0 Å². The molecule has 1 aromatic heterocycles. The molecule has 3 rings (SSSR count). The van der Waals surface area contributed by atoms with E-state index in [2.05, 4.69) is 27.0 Å². The van der Waals surface area contributed by atoms with Crippen LogP contribution in [-0.2, 0) is 6.42 Å². The zero-order chi connectivity index (χ0) is 10.3. The molecule has 4 heteroatoms. The third-order valence-corrected chi connectivity index (χ3v) is 3.07. The molecule has 1 aliphatic rings. The first-order valence-corrected chi connectivity index (χ1v) is 5.47. The van der Waals surface area contributed by atoms with E-state index in [1.807, 2.05) is 12.1 Å². The summed E-state index contributed by atoms with van der Waals surface area (Å²) < 4.78 is 12.0. The minimum Gasteiger partial charge on any atom is -0.479 e. The Hall–Kier alpha value is -1.29. The largest absolute Gasteiger partial charge is 0.479 e. The molecule has 0 N–H and O–H groups in total. The number of para-hydroxylation sites is 1. The van der Waals surface area contributed by atoms with Crippen molar-refractivity contribution in [2.45, 2.75) is 12.5 Å². The van der Waals surface area contributed by atoms with Gasteiger partial charge < -0.3 is 9.15 Å². The van der Waals surface area contributed by atoms with Crippen LogP contribution in [0.25, 0.3) is 0 Å². The summed E-state index contributed by atoms with van der Waals surface area (Å²) in [5.41, 5.74) is 1.19. The Balaban J connectivity index is 1.96. The van der Waals surface area contributed by atoms with Gasteiger partial charge in [-0.2, -0.15) is 0 Å². The molecule has 0 spiro atoms. The van der Waals surface area contributed by atoms with Crippen LogP contribution in [0.3, 0.4) is 0 Å². The lowest BCUT2D eigenvalue weighted by Crippen LogP contribution is -2.03. The quantitative estimate of drug-likeness (QED) is 0.795. The number of aromatic nitrogens is 1. The van der Waals surface area contributed by atoms with Crippen molar-refractivity contribution in [2.75, 3.05) is 0 Å². The minimum absolute atomic E-state index is 0.0892. The first-order valence-electron chi connectivity index (χ1n) is 4.68. The summed E-state index contributed by atoms with van der Waals surface area (Å²) in [6.45, 7) is 0. The Labute approximate surface area is 95.2 Å². The maximum absolute atomic E-state index is 5.78. The monoisotopic (exact) mass is 265 g/mol. The van der Waals surface area contributed by atoms with Crippen molar-refractivity contribution >= 4 is 15.9 Å². The Morgan fingerprint density at radius 1 is 1.40 bits per heavy atom. The summed E-state index contributed by atoms with van der Waals surface area (Å²) in [5.74, 6) is 1.54. The molecule has 0 saturated heterocycles. The van der Waals surface area contributed by atoms with Gasteiger partial charge in [0.15, 0.2) is 6.10 Å². The molecule has 1 aromatic carbocycles. The van der Waals surface area contributed by atoms with Crippen LogP contribution in [0, 0.1) is 0 Å². The molecule has 0 amide bonds. The van der Waals surface area contributed by atoms with E-state index in [1.165, 1.54) is 5.56 Å². The van der Waals surface area contributed by atoms with E-state index in [-0.39, 0.29) is 6.10 Å². The SMILES string of the molecule is Brc1cccc2c1OC(c1ncco1)C2. The van der Waals surface area contributed by atoms with Crippen LogP contribution in [0.4, 0.5) is 0 Å². The van der Waals surface area contributed by atoms with E-state index in [0.717, 1.165) is 16.6 Å². The molecule has 0 bridgehead atoms. The average molecular weight is 266 g/mol. The molecule has 1 unspecified atom stereocenters. The molecule has 1 atom stereocenters. The number of hydrogen-bond acceptors (Lipinski definition) is 3. The van der Waals surface area contributed by atoms with Crippen molar-refractivity contribution in [3.05, 3.63) is 46.6 Å². The summed E-state index contributed by atoms with van der Waals surface area (Å²) in [4.78, 5) is 4.10. The van der Waals surface area contributed by atoms with Crippen molar-refractivity contribution in [1.82, 2.24) is 4.98 Å². The summed E-state index contributed by atoms with van der Waals surface area (Å²) in [5, 5.41) is 0. The maximum atomic E-state index is 5.78. The average Bonchev–Trinajstić information content (AvgIpc) is 2.86. The lowest BCUT2D eigenvalue weighted by molar-refractivity contribution is 0.196. The van der Waals surface area contributed by atoms with Crippen molar-refractivity contribution in [2.24, 2.45) is 0 Å². The highest BCUT2D eigenvalue weighted by molar-refractivity contribution is 9.10. The maximum Gasteiger partial charge on any atom is 0.235 e. The number of oxazole rings is 1. The smallest absolute Gasteiger partial charge is 0.235 e. The van der Waals surface area contributed by atoms with Crippen LogP contribution in [0.5, 0.6) is 5.75 Å². The molecule has 1 aliphatic heterocycles. The molecule has 0 fully saturated rings. The summed E-state index contributed by atoms with van der Waals surface area (Å²) >= 11 is 3.46. The molecule has 76 valence electrons. The van der Waals surface area contributed by atoms with Crippen molar-refractivity contribution in [3.8, 4) is 5.75 Å². The second-order valence-electron chi connectivity index (χ2n) is 3.41. The molecular weight excluding hydrogens is 258 g/mol. The molecule has 0 aliphatic carbocycles. The van der Waals surface area contributed by atoms with Gasteiger partial charge >= 0.3 is 0 Å². The Bertz CT molecular complexity index is 481. The number of hydrogen-bond donors (Lipinski definition) is 0. The van der Waals surface area contributed by atoms with E-state index >= 15 is 0 Å². The minimum atomic E-state index is -0.0892. The molecular formula is C11H8BrNO2. The first-order chi connectivity index (χ1) is 7.34. The van der Waals surface area contributed by atoms with E-state index in [1.54, 1.807) is 12.5 Å². The van der Waals surface area contributed by atoms with E-state index < -0.39 is 0 Å². The second kappa shape index (κ2) is 3.38. The van der Waals surface area contributed by atoms with Gasteiger partial charge in [-0.15, -0.1) is 0 Å². The van der Waals surface area contributed by atoms with E-state index in [9.17, 15) is 0 Å². The third kappa shape index (κ3) is 1.45. The van der Waals surface area contributed by atoms with Crippen molar-refractivity contribution < 1.29 is 9.15 Å². The summed E-state index contributed by atoms with van der Waals surface area (Å²) in [6.07, 6.45) is 3.93. The van der Waals surface area contributed by atoms with Crippen LogP contribution in [0.2, 0.25) is 0 Å². The lowest BCUT2D eigenvalue weighted by atomic mass is 10.1. The van der Waals surface area contributed by atoms with Gasteiger partial charge in [-0.3, -0.25) is 0 Å². The summed E-state index contributed by atoms with van der Waals surface area (Å²) in [7, 11) is 0. The topological polar surface area (TPSA) is 35.3 Å². The number of rotatable bonds is 1. The highest BCUT2D eigenvalue weighted by Gasteiger charge is 2.28. The number of ether oxygens (including phenoxy) is 1. The standard InChI is InChI=1S/C11H8BrNO2/c12-8-3-1-2-7-6-9(15-10(7)8)11-13-4-5-14-11/h1-5,9H,6H2. The predicted molar refractivity (Wildman–Crippen MR) is 57.7 cm³/mol. The van der Waals surface area contributed by atoms with Gasteiger partial charge in [-0.05, 0) is 27.6 Å². The van der Waals surface area contributed by atoms with Crippen LogP contribution >= 0.6 is 15.9 Å². The van der Waals surface area contributed by atoms with Crippen LogP contribution in [-0.4, -0.2) is 4.98 Å². The first kappa shape index (κ1) is 8.97. The lowest BCUT2D eigenvalue weighted by Gasteiger charge is -2.06. The predicted octanol–water partition coefficient (Wildman–Crippen LogP) is 3.11. The van der Waals surface area contributed by atoms with Gasteiger partial charge in [0.1, 0.15) is 12.0 Å². The fraction of sp³-hybridized carbons (Fsp3) is 0.182. The van der Waals surface area contributed by atoms with E-state index in [0.29, 0.717) is 5.89 Å². The van der Waals surface area contributed by atoms with E-state index in [4.69, 9.17) is 9.15 Å². The van der Waals surface area contributed by atoms with Gasteiger partial charge in [0, 0.05) is 6.42 Å². The fourth-order valence-corrected chi connectivity index (χ4v) is 2.26. The molecule has 2 heterocycles. The number of fused-ring (bicyclic) bond motifs is 1. The third-order valence-electron chi connectivity index (χ3n) is 2.44. The fourth-order valence-electron chi connectivity index (χ4n) is 1.76. The highest BCUT2D eigenvalue weighted by Crippen LogP contribution is 2.40. The van der Waals surface area contributed by atoms with Crippen LogP contribution in [0.15, 0.2) is 39.5 Å². The van der Waals surface area contributed by atoms with Crippen molar-refractivity contribution in [1.29, 1.82) is 0 Å². The zero-order valence-electron chi connectivity index (χ0n) is 7.81. The second-order valence-corrected chi connectivity index (χ2v) is 4.26. The van der Waals surface area contributed by atoms with Gasteiger partial charge in [0.05, 0.1) is 10.7 Å². The molecule has 15 heavy (non-hydrogen) atoms. The molecule has 2 aromatic rings. The number of nitrogens with zero attached hydrogens (tertiary/aromatic N) is 1. The number of halogens is 1.